The summed E-state index contributed by atoms with van der Waals surface area (Å²) in [5.74, 6) is 1.90. The molecule has 190 valence electrons. The number of nitrogens with zero attached hydrogens (tertiary/aromatic N) is 3. The van der Waals surface area contributed by atoms with Gasteiger partial charge in [0.2, 0.25) is 20.0 Å². The molecule has 0 bridgehead atoms. The number of benzene rings is 2. The molecule has 2 atom stereocenters. The van der Waals surface area contributed by atoms with Gasteiger partial charge in [0, 0.05) is 18.7 Å². The lowest BCUT2D eigenvalue weighted by Gasteiger charge is -2.34. The fraction of sp³-hybridized carbons (Fsp3) is 0.304. The van der Waals surface area contributed by atoms with E-state index in [9.17, 15) is 21.6 Å². The van der Waals surface area contributed by atoms with Gasteiger partial charge < -0.3 is 9.30 Å². The number of carbonyl (C=O) groups excluding carboxylic acids is 1. The number of hydrogen-bond acceptors (Lipinski definition) is 7. The summed E-state index contributed by atoms with van der Waals surface area (Å²) in [4.78, 5) is 17.3. The minimum atomic E-state index is -3.91. The van der Waals surface area contributed by atoms with Crippen molar-refractivity contribution >= 4 is 47.5 Å². The fourth-order valence-electron chi connectivity index (χ4n) is 3.96. The number of sulfonamides is 2. The van der Waals surface area contributed by atoms with Crippen molar-refractivity contribution in [3.8, 4) is 12.3 Å². The minimum absolute atomic E-state index is 0.0668. The normalized spacial score (nSPS) is 19.9. The van der Waals surface area contributed by atoms with Crippen molar-refractivity contribution in [1.82, 2.24) is 8.87 Å². The lowest BCUT2D eigenvalue weighted by molar-refractivity contribution is -0.0440. The zero-order valence-corrected chi connectivity index (χ0v) is 21.9. The topological polar surface area (TPSA) is 141 Å². The van der Waals surface area contributed by atoms with E-state index in [1.807, 2.05) is 13.8 Å². The van der Waals surface area contributed by atoms with Crippen molar-refractivity contribution < 1.29 is 26.4 Å². The maximum Gasteiger partial charge on any atom is 0.279 e. The zero-order chi connectivity index (χ0) is 26.3. The van der Waals surface area contributed by atoms with Crippen LogP contribution in [0.25, 0.3) is 10.2 Å². The summed E-state index contributed by atoms with van der Waals surface area (Å²) >= 11 is 1.09. The molecule has 2 heterocycles. The smallest absolute Gasteiger partial charge is 0.279 e. The summed E-state index contributed by atoms with van der Waals surface area (Å²) < 4.78 is 58.7. The highest BCUT2D eigenvalue weighted by atomic mass is 32.2. The van der Waals surface area contributed by atoms with Crippen molar-refractivity contribution in [1.29, 1.82) is 0 Å². The van der Waals surface area contributed by atoms with Gasteiger partial charge in [0.1, 0.15) is 0 Å². The molecule has 1 aromatic heterocycles. The van der Waals surface area contributed by atoms with Crippen molar-refractivity contribution in [2.45, 2.75) is 42.4 Å². The SMILES string of the molecule is C#CCn1c(=NC(=O)c2ccc(S(=O)(=O)N3C[C@@H](C)O[C@@H](C)C3)cc2)sc2cc(S(N)(=O)=O)ccc21. The molecular formula is C23H24N4O6S3. The number of fused-ring (bicyclic) bond motifs is 1. The number of carbonyl (C=O) groups is 1. The van der Waals surface area contributed by atoms with E-state index in [1.54, 1.807) is 10.6 Å². The number of nitrogens with two attached hydrogens (primary N) is 1. The molecule has 0 unspecified atom stereocenters. The van der Waals surface area contributed by atoms with Gasteiger partial charge in [-0.1, -0.05) is 17.3 Å². The summed E-state index contributed by atoms with van der Waals surface area (Å²) in [6.07, 6.45) is 5.04. The van der Waals surface area contributed by atoms with Gasteiger partial charge >= 0.3 is 0 Å². The monoisotopic (exact) mass is 548 g/mol. The Hall–Kier alpha value is -2.86. The lowest BCUT2D eigenvalue weighted by Crippen LogP contribution is -2.48. The highest BCUT2D eigenvalue weighted by molar-refractivity contribution is 7.89. The van der Waals surface area contributed by atoms with E-state index in [0.29, 0.717) is 10.2 Å². The van der Waals surface area contributed by atoms with Crippen LogP contribution in [0.4, 0.5) is 0 Å². The second kappa shape index (κ2) is 9.89. The van der Waals surface area contributed by atoms with Crippen LogP contribution in [0.15, 0.2) is 57.2 Å². The van der Waals surface area contributed by atoms with Crippen molar-refractivity contribution in [2.75, 3.05) is 13.1 Å². The molecule has 10 nitrogen and oxygen atoms in total. The second-order valence-corrected chi connectivity index (χ2v) is 12.9. The number of thiazole rings is 1. The number of hydrogen-bond donors (Lipinski definition) is 1. The second-order valence-electron chi connectivity index (χ2n) is 8.37. The van der Waals surface area contributed by atoms with E-state index >= 15 is 0 Å². The maximum absolute atomic E-state index is 13.1. The van der Waals surface area contributed by atoms with E-state index in [4.69, 9.17) is 16.3 Å². The maximum atomic E-state index is 13.1. The Balaban J connectivity index is 1.67. The Morgan fingerprint density at radius 2 is 1.72 bits per heavy atom. The first-order valence-electron chi connectivity index (χ1n) is 10.8. The molecule has 0 aliphatic carbocycles. The van der Waals surface area contributed by atoms with Gasteiger partial charge in [-0.15, -0.1) is 6.42 Å². The van der Waals surface area contributed by atoms with Crippen LogP contribution in [0.2, 0.25) is 0 Å². The predicted molar refractivity (Wildman–Crippen MR) is 135 cm³/mol. The largest absolute Gasteiger partial charge is 0.373 e. The van der Waals surface area contributed by atoms with E-state index in [2.05, 4.69) is 10.9 Å². The van der Waals surface area contributed by atoms with Crippen molar-refractivity contribution in [2.24, 2.45) is 10.1 Å². The number of terminal acetylenes is 1. The zero-order valence-electron chi connectivity index (χ0n) is 19.5. The number of primary sulfonamides is 1. The highest BCUT2D eigenvalue weighted by Gasteiger charge is 2.32. The van der Waals surface area contributed by atoms with Crippen molar-refractivity contribution in [3.05, 3.63) is 52.8 Å². The Bertz CT molecular complexity index is 1640. The molecule has 3 aromatic rings. The summed E-state index contributed by atoms with van der Waals surface area (Å²) in [5.41, 5.74) is 0.792. The molecule has 1 aliphatic heterocycles. The molecular weight excluding hydrogens is 524 g/mol. The number of ether oxygens (including phenoxy) is 1. The molecule has 4 rings (SSSR count). The third-order valence-corrected chi connectivity index (χ3v) is 9.35. The molecule has 2 aromatic carbocycles. The van der Waals surface area contributed by atoms with Gasteiger partial charge in [-0.3, -0.25) is 4.79 Å². The number of amides is 1. The summed E-state index contributed by atoms with van der Waals surface area (Å²) in [5, 5.41) is 5.22. The molecule has 1 aliphatic rings. The van der Waals surface area contributed by atoms with E-state index in [-0.39, 0.29) is 52.0 Å². The van der Waals surface area contributed by atoms with Crippen LogP contribution < -0.4 is 9.94 Å². The molecule has 36 heavy (non-hydrogen) atoms. The molecule has 0 spiro atoms. The van der Waals surface area contributed by atoms with E-state index < -0.39 is 26.0 Å². The molecule has 1 fully saturated rings. The summed E-state index contributed by atoms with van der Waals surface area (Å²) in [6, 6.07) is 9.88. The minimum Gasteiger partial charge on any atom is -0.373 e. The van der Waals surface area contributed by atoms with Crippen LogP contribution in [0.1, 0.15) is 24.2 Å². The average molecular weight is 549 g/mol. The molecule has 1 amide bonds. The quantitative estimate of drug-likeness (QED) is 0.479. The Labute approximate surface area is 213 Å². The fourth-order valence-corrected chi connectivity index (χ4v) is 7.23. The summed E-state index contributed by atoms with van der Waals surface area (Å²) in [6.45, 7) is 4.23. The number of aromatic nitrogens is 1. The first-order chi connectivity index (χ1) is 16.9. The molecule has 2 N–H and O–H groups in total. The van der Waals surface area contributed by atoms with Crippen molar-refractivity contribution in [3.63, 3.8) is 0 Å². The number of morpholine rings is 1. The van der Waals surface area contributed by atoms with Gasteiger partial charge in [-0.25, -0.2) is 22.0 Å². The lowest BCUT2D eigenvalue weighted by atomic mass is 10.2. The third kappa shape index (κ3) is 5.29. The van der Waals surface area contributed by atoms with Gasteiger partial charge in [0.25, 0.3) is 5.91 Å². The van der Waals surface area contributed by atoms with Crippen LogP contribution in [0.5, 0.6) is 0 Å². The Kier molecular flexibility index (Phi) is 7.20. The van der Waals surface area contributed by atoms with Gasteiger partial charge in [0.15, 0.2) is 4.80 Å². The standard InChI is InChI=1S/C23H24N4O6S3/c1-4-11-27-20-10-9-19(35(24,29)30)12-21(20)34-23(27)25-22(28)17-5-7-18(8-6-17)36(31,32)26-13-15(2)33-16(3)14-26/h1,5-10,12,15-16H,11,13-14H2,2-3H3,(H2,24,29,30)/t15-,16+. The molecule has 1 saturated heterocycles. The van der Waals surface area contributed by atoms with Crippen LogP contribution >= 0.6 is 11.3 Å². The Morgan fingerprint density at radius 1 is 1.11 bits per heavy atom. The third-order valence-electron chi connectivity index (χ3n) is 5.55. The van der Waals surface area contributed by atoms with E-state index in [1.165, 1.54) is 40.7 Å². The van der Waals surface area contributed by atoms with Gasteiger partial charge in [-0.2, -0.15) is 9.30 Å². The predicted octanol–water partition coefficient (Wildman–Crippen LogP) is 1.52. The molecule has 0 saturated carbocycles. The van der Waals surface area contributed by atoms with Gasteiger partial charge in [0.05, 0.1) is 38.8 Å². The first kappa shape index (κ1) is 26.2. The first-order valence-corrected chi connectivity index (χ1v) is 14.6. The average Bonchev–Trinajstić information content (AvgIpc) is 3.14. The van der Waals surface area contributed by atoms with Crippen LogP contribution in [-0.2, 0) is 31.3 Å². The van der Waals surface area contributed by atoms with Crippen LogP contribution in [0, 0.1) is 12.3 Å². The highest BCUT2D eigenvalue weighted by Crippen LogP contribution is 2.23. The number of rotatable bonds is 5. The van der Waals surface area contributed by atoms with Crippen LogP contribution in [-0.4, -0.2) is 56.9 Å². The Morgan fingerprint density at radius 3 is 2.31 bits per heavy atom. The van der Waals surface area contributed by atoms with Crippen LogP contribution in [0.3, 0.4) is 0 Å². The van der Waals surface area contributed by atoms with Gasteiger partial charge in [-0.05, 0) is 56.3 Å². The summed E-state index contributed by atoms with van der Waals surface area (Å²) in [7, 11) is -7.66. The van der Waals surface area contributed by atoms with E-state index in [0.717, 1.165) is 11.3 Å². The molecule has 13 heteroatoms. The molecule has 0 radical (unpaired) electrons.